The average molecular weight is 459 g/mol. The van der Waals surface area contributed by atoms with Gasteiger partial charge in [-0.15, -0.1) is 0 Å². The Kier molecular flexibility index (Phi) is 5.25. The van der Waals surface area contributed by atoms with Crippen molar-refractivity contribution in [2.45, 2.75) is 6.54 Å². The second-order valence-electron chi connectivity index (χ2n) is 7.45. The lowest BCUT2D eigenvalue weighted by Crippen LogP contribution is -2.29. The first-order chi connectivity index (χ1) is 15.5. The Labute approximate surface area is 195 Å². The Balaban J connectivity index is 1.55. The van der Waals surface area contributed by atoms with Crippen molar-refractivity contribution >= 4 is 35.0 Å². The summed E-state index contributed by atoms with van der Waals surface area (Å²) in [5, 5.41) is 1.28. The number of hydrogen-bond acceptors (Lipinski definition) is 3. The Morgan fingerprint density at radius 1 is 0.625 bits per heavy atom. The van der Waals surface area contributed by atoms with Gasteiger partial charge in [0.1, 0.15) is 0 Å². The van der Waals surface area contributed by atoms with E-state index in [0.717, 1.165) is 22.4 Å². The number of hydrogen-bond donors (Lipinski definition) is 0. The standard InChI is InChI=1S/C26H16Cl2N2O2/c27-18-9-5-16(6-10-18)21-14-13-20(29-24(21)17-7-11-19(28)12-8-17)15-30-25(31)22-3-1-2-4-23(22)26(30)32/h1-14H,15H2. The first kappa shape index (κ1) is 20.4. The molecule has 0 spiro atoms. The van der Waals surface area contributed by atoms with Crippen LogP contribution in [0.2, 0.25) is 10.0 Å². The van der Waals surface area contributed by atoms with Gasteiger partial charge in [-0.2, -0.15) is 0 Å². The Morgan fingerprint density at radius 3 is 1.72 bits per heavy atom. The topological polar surface area (TPSA) is 50.3 Å². The van der Waals surface area contributed by atoms with Crippen LogP contribution in [0.4, 0.5) is 0 Å². The van der Waals surface area contributed by atoms with Crippen LogP contribution in [0, 0.1) is 0 Å². The Hall–Kier alpha value is -3.47. The van der Waals surface area contributed by atoms with Gasteiger partial charge >= 0.3 is 0 Å². The number of imide groups is 1. The number of carbonyl (C=O) groups excluding carboxylic acids is 2. The van der Waals surface area contributed by atoms with Crippen molar-refractivity contribution in [3.05, 3.63) is 112 Å². The normalized spacial score (nSPS) is 12.9. The fourth-order valence-electron chi connectivity index (χ4n) is 3.82. The van der Waals surface area contributed by atoms with Gasteiger partial charge in [0.15, 0.2) is 0 Å². The predicted molar refractivity (Wildman–Crippen MR) is 126 cm³/mol. The highest BCUT2D eigenvalue weighted by Gasteiger charge is 2.35. The lowest BCUT2D eigenvalue weighted by atomic mass is 9.99. The number of benzene rings is 3. The molecule has 0 saturated heterocycles. The zero-order chi connectivity index (χ0) is 22.2. The van der Waals surface area contributed by atoms with Crippen LogP contribution in [0.15, 0.2) is 84.9 Å². The van der Waals surface area contributed by atoms with Crippen molar-refractivity contribution < 1.29 is 9.59 Å². The van der Waals surface area contributed by atoms with E-state index in [1.807, 2.05) is 48.5 Å². The molecule has 0 unspecified atom stereocenters. The largest absolute Gasteiger partial charge is 0.269 e. The first-order valence-corrected chi connectivity index (χ1v) is 10.7. The van der Waals surface area contributed by atoms with E-state index in [4.69, 9.17) is 28.2 Å². The minimum atomic E-state index is -0.303. The molecule has 1 aliphatic rings. The molecular weight excluding hydrogens is 443 g/mol. The second kappa shape index (κ2) is 8.23. The van der Waals surface area contributed by atoms with Crippen molar-refractivity contribution in [3.63, 3.8) is 0 Å². The number of amides is 2. The maximum atomic E-state index is 12.8. The smallest absolute Gasteiger partial charge is 0.261 e. The summed E-state index contributed by atoms with van der Waals surface area (Å²) in [5.41, 5.74) is 4.94. The molecule has 4 nitrogen and oxygen atoms in total. The van der Waals surface area contributed by atoms with Gasteiger partial charge < -0.3 is 0 Å². The molecule has 5 rings (SSSR count). The molecule has 1 aromatic heterocycles. The number of pyridine rings is 1. The van der Waals surface area contributed by atoms with E-state index < -0.39 is 0 Å². The molecular formula is C26H16Cl2N2O2. The van der Waals surface area contributed by atoms with Crippen molar-refractivity contribution in [3.8, 4) is 22.4 Å². The summed E-state index contributed by atoms with van der Waals surface area (Å²) in [6, 6.07) is 25.6. The van der Waals surface area contributed by atoms with Crippen LogP contribution in [0.25, 0.3) is 22.4 Å². The summed E-state index contributed by atoms with van der Waals surface area (Å²) in [4.78, 5) is 31.6. The van der Waals surface area contributed by atoms with Gasteiger partial charge in [-0.1, -0.05) is 65.7 Å². The van der Waals surface area contributed by atoms with Crippen molar-refractivity contribution in [2.75, 3.05) is 0 Å². The summed E-state index contributed by atoms with van der Waals surface area (Å²) in [7, 11) is 0. The summed E-state index contributed by atoms with van der Waals surface area (Å²) < 4.78 is 0. The molecule has 0 N–H and O–H groups in total. The molecule has 32 heavy (non-hydrogen) atoms. The van der Waals surface area contributed by atoms with Crippen LogP contribution in [0.1, 0.15) is 26.4 Å². The molecule has 2 amide bonds. The maximum absolute atomic E-state index is 12.8. The van der Waals surface area contributed by atoms with E-state index in [1.165, 1.54) is 4.90 Å². The zero-order valence-electron chi connectivity index (χ0n) is 16.8. The molecule has 6 heteroatoms. The molecule has 0 saturated carbocycles. The average Bonchev–Trinajstić information content (AvgIpc) is 3.05. The number of aromatic nitrogens is 1. The SMILES string of the molecule is O=C1c2ccccc2C(=O)N1Cc1ccc(-c2ccc(Cl)cc2)c(-c2ccc(Cl)cc2)n1. The van der Waals surface area contributed by atoms with E-state index in [2.05, 4.69) is 0 Å². The van der Waals surface area contributed by atoms with E-state index in [1.54, 1.807) is 36.4 Å². The highest BCUT2D eigenvalue weighted by Crippen LogP contribution is 2.33. The monoisotopic (exact) mass is 458 g/mol. The van der Waals surface area contributed by atoms with Crippen LogP contribution in [0.3, 0.4) is 0 Å². The third kappa shape index (κ3) is 3.68. The zero-order valence-corrected chi connectivity index (χ0v) is 18.3. The third-order valence-corrected chi connectivity index (χ3v) is 5.93. The summed E-state index contributed by atoms with van der Waals surface area (Å²) in [6.45, 7) is 0.0911. The van der Waals surface area contributed by atoms with Gasteiger partial charge in [0.25, 0.3) is 11.8 Å². The predicted octanol–water partition coefficient (Wildman–Crippen LogP) is 6.52. The van der Waals surface area contributed by atoms with E-state index in [9.17, 15) is 9.59 Å². The number of rotatable bonds is 4. The van der Waals surface area contributed by atoms with Gasteiger partial charge in [0, 0.05) is 21.2 Å². The van der Waals surface area contributed by atoms with Crippen molar-refractivity contribution in [1.82, 2.24) is 9.88 Å². The van der Waals surface area contributed by atoms with Gasteiger partial charge in [0.2, 0.25) is 0 Å². The third-order valence-electron chi connectivity index (χ3n) is 5.42. The van der Waals surface area contributed by atoms with E-state index in [-0.39, 0.29) is 18.4 Å². The molecule has 0 fully saturated rings. The van der Waals surface area contributed by atoms with E-state index in [0.29, 0.717) is 26.9 Å². The summed E-state index contributed by atoms with van der Waals surface area (Å²) in [6.07, 6.45) is 0. The number of carbonyl (C=O) groups is 2. The van der Waals surface area contributed by atoms with E-state index >= 15 is 0 Å². The lowest BCUT2D eigenvalue weighted by molar-refractivity contribution is 0.0640. The number of nitrogens with zero attached hydrogens (tertiary/aromatic N) is 2. The molecule has 0 aliphatic carbocycles. The second-order valence-corrected chi connectivity index (χ2v) is 8.33. The molecule has 4 aromatic rings. The molecule has 2 heterocycles. The van der Waals surface area contributed by atoms with Crippen LogP contribution in [0.5, 0.6) is 0 Å². The van der Waals surface area contributed by atoms with Gasteiger partial charge in [-0.25, -0.2) is 0 Å². The Bertz CT molecular complexity index is 1310. The quantitative estimate of drug-likeness (QED) is 0.327. The molecule has 156 valence electrons. The highest BCUT2D eigenvalue weighted by molar-refractivity contribution is 6.31. The van der Waals surface area contributed by atoms with Gasteiger partial charge in [0.05, 0.1) is 29.1 Å². The van der Waals surface area contributed by atoms with Gasteiger partial charge in [-0.3, -0.25) is 19.5 Å². The van der Waals surface area contributed by atoms with Crippen LogP contribution >= 0.6 is 23.2 Å². The minimum absolute atomic E-state index is 0.0911. The fraction of sp³-hybridized carbons (Fsp3) is 0.0385. The molecule has 0 atom stereocenters. The summed E-state index contributed by atoms with van der Waals surface area (Å²) >= 11 is 12.1. The molecule has 0 radical (unpaired) electrons. The number of halogens is 2. The maximum Gasteiger partial charge on any atom is 0.261 e. The Morgan fingerprint density at radius 2 is 1.16 bits per heavy atom. The minimum Gasteiger partial charge on any atom is -0.269 e. The fourth-order valence-corrected chi connectivity index (χ4v) is 4.07. The van der Waals surface area contributed by atoms with Gasteiger partial charge in [-0.05, 0) is 48.0 Å². The van der Waals surface area contributed by atoms with Crippen molar-refractivity contribution in [2.24, 2.45) is 0 Å². The van der Waals surface area contributed by atoms with Crippen molar-refractivity contribution in [1.29, 1.82) is 0 Å². The molecule has 3 aromatic carbocycles. The molecule has 0 bridgehead atoms. The van der Waals surface area contributed by atoms with Crippen LogP contribution < -0.4 is 0 Å². The van der Waals surface area contributed by atoms with Crippen LogP contribution in [-0.4, -0.2) is 21.7 Å². The lowest BCUT2D eigenvalue weighted by Gasteiger charge is -2.16. The highest BCUT2D eigenvalue weighted by atomic mass is 35.5. The van der Waals surface area contributed by atoms with Crippen LogP contribution in [-0.2, 0) is 6.54 Å². The first-order valence-electron chi connectivity index (χ1n) is 9.98. The summed E-state index contributed by atoms with van der Waals surface area (Å²) in [5.74, 6) is -0.607. The molecule has 1 aliphatic heterocycles. The number of fused-ring (bicyclic) bond motifs is 1.